The van der Waals surface area contributed by atoms with E-state index in [4.69, 9.17) is 16.3 Å². The molecule has 144 valence electrons. The summed E-state index contributed by atoms with van der Waals surface area (Å²) in [5.74, 6) is 0.305. The molecule has 0 aliphatic heterocycles. The Kier molecular flexibility index (Phi) is 8.10. The monoisotopic (exact) mass is 389 g/mol. The molecule has 0 fully saturated rings. The van der Waals surface area contributed by atoms with Gasteiger partial charge >= 0.3 is 6.03 Å². The molecule has 0 unspecified atom stereocenters. The molecule has 2 aromatic carbocycles. The van der Waals surface area contributed by atoms with Crippen LogP contribution in [-0.2, 0) is 11.3 Å². The Balaban J connectivity index is 1.70. The van der Waals surface area contributed by atoms with E-state index >= 15 is 0 Å². The molecule has 7 heteroatoms. The second-order valence-electron chi connectivity index (χ2n) is 6.12. The second-order valence-corrected chi connectivity index (χ2v) is 6.56. The lowest BCUT2D eigenvalue weighted by Gasteiger charge is -2.23. The predicted octanol–water partition coefficient (Wildman–Crippen LogP) is 3.07. The molecule has 2 rings (SSSR count). The Morgan fingerprint density at radius 3 is 2.59 bits per heavy atom. The fourth-order valence-electron chi connectivity index (χ4n) is 2.30. The van der Waals surface area contributed by atoms with E-state index in [-0.39, 0.29) is 5.91 Å². The van der Waals surface area contributed by atoms with Crippen LogP contribution in [0.25, 0.3) is 0 Å². The number of carbonyl (C=O) groups is 2. The SMILES string of the molecule is C[C@@H](C(=O)NC(=O)NCc1ccccc1)N(C)CCOc1cccc(Cl)c1. The number of halogens is 1. The largest absolute Gasteiger partial charge is 0.492 e. The van der Waals surface area contributed by atoms with Crippen molar-refractivity contribution in [3.05, 3.63) is 65.2 Å². The Labute approximate surface area is 164 Å². The van der Waals surface area contributed by atoms with Crippen molar-refractivity contribution >= 4 is 23.5 Å². The van der Waals surface area contributed by atoms with E-state index < -0.39 is 12.1 Å². The number of rotatable bonds is 8. The van der Waals surface area contributed by atoms with Gasteiger partial charge in [-0.1, -0.05) is 48.0 Å². The van der Waals surface area contributed by atoms with E-state index in [0.717, 1.165) is 5.56 Å². The van der Waals surface area contributed by atoms with Crippen molar-refractivity contribution in [2.75, 3.05) is 20.2 Å². The Morgan fingerprint density at radius 2 is 1.89 bits per heavy atom. The molecule has 0 saturated heterocycles. The number of hydrogen-bond acceptors (Lipinski definition) is 4. The summed E-state index contributed by atoms with van der Waals surface area (Å²) in [5, 5.41) is 5.63. The molecule has 0 radical (unpaired) electrons. The minimum absolute atomic E-state index is 0.359. The predicted molar refractivity (Wildman–Crippen MR) is 106 cm³/mol. The first-order valence-corrected chi connectivity index (χ1v) is 9.04. The van der Waals surface area contributed by atoms with Crippen LogP contribution in [0, 0.1) is 0 Å². The van der Waals surface area contributed by atoms with Crippen LogP contribution in [0.1, 0.15) is 12.5 Å². The summed E-state index contributed by atoms with van der Waals surface area (Å²) in [6.07, 6.45) is 0. The third-order valence-corrected chi connectivity index (χ3v) is 4.32. The van der Waals surface area contributed by atoms with Gasteiger partial charge < -0.3 is 10.1 Å². The van der Waals surface area contributed by atoms with Gasteiger partial charge in [-0.25, -0.2) is 4.79 Å². The molecule has 3 amide bonds. The number of amides is 3. The summed E-state index contributed by atoms with van der Waals surface area (Å²) in [6.45, 7) is 3.01. The fraction of sp³-hybridized carbons (Fsp3) is 0.300. The standard InChI is InChI=1S/C20H24ClN3O3/c1-15(24(2)11-12-27-18-10-6-9-17(21)13-18)19(25)23-20(26)22-14-16-7-4-3-5-8-16/h3-10,13,15H,11-12,14H2,1-2H3,(H2,22,23,25,26)/t15-/m0/s1. The maximum Gasteiger partial charge on any atom is 0.321 e. The lowest BCUT2D eigenvalue weighted by atomic mass is 10.2. The van der Waals surface area contributed by atoms with Crippen LogP contribution in [0.4, 0.5) is 4.79 Å². The molecule has 1 atom stereocenters. The van der Waals surface area contributed by atoms with Crippen molar-refractivity contribution < 1.29 is 14.3 Å². The van der Waals surface area contributed by atoms with E-state index in [2.05, 4.69) is 10.6 Å². The Morgan fingerprint density at radius 1 is 1.15 bits per heavy atom. The van der Waals surface area contributed by atoms with Crippen LogP contribution in [0.2, 0.25) is 5.02 Å². The van der Waals surface area contributed by atoms with Gasteiger partial charge in [0, 0.05) is 18.1 Å². The molecule has 0 heterocycles. The number of nitrogens with zero attached hydrogens (tertiary/aromatic N) is 1. The van der Waals surface area contributed by atoms with Crippen LogP contribution in [-0.4, -0.2) is 43.1 Å². The van der Waals surface area contributed by atoms with Crippen LogP contribution in [0.5, 0.6) is 5.75 Å². The molecule has 0 spiro atoms. The number of hydrogen-bond donors (Lipinski definition) is 2. The molecular formula is C20H24ClN3O3. The first-order valence-electron chi connectivity index (χ1n) is 8.67. The van der Waals surface area contributed by atoms with Crippen molar-refractivity contribution in [2.45, 2.75) is 19.5 Å². The summed E-state index contributed by atoms with van der Waals surface area (Å²) in [7, 11) is 1.80. The molecule has 27 heavy (non-hydrogen) atoms. The fourth-order valence-corrected chi connectivity index (χ4v) is 2.48. The van der Waals surface area contributed by atoms with Gasteiger partial charge in [0.15, 0.2) is 0 Å². The number of benzene rings is 2. The van der Waals surface area contributed by atoms with E-state index in [1.807, 2.05) is 47.4 Å². The zero-order chi connectivity index (χ0) is 19.6. The molecule has 2 aromatic rings. The van der Waals surface area contributed by atoms with Crippen molar-refractivity contribution in [2.24, 2.45) is 0 Å². The highest BCUT2D eigenvalue weighted by molar-refractivity contribution is 6.30. The summed E-state index contributed by atoms with van der Waals surface area (Å²) >= 11 is 5.91. The van der Waals surface area contributed by atoms with Crippen LogP contribution < -0.4 is 15.4 Å². The zero-order valence-electron chi connectivity index (χ0n) is 15.4. The summed E-state index contributed by atoms with van der Waals surface area (Å²) in [4.78, 5) is 25.9. The highest BCUT2D eigenvalue weighted by atomic mass is 35.5. The smallest absolute Gasteiger partial charge is 0.321 e. The quantitative estimate of drug-likeness (QED) is 0.728. The first kappa shape index (κ1) is 20.7. The average molecular weight is 390 g/mol. The van der Waals surface area contributed by atoms with Crippen molar-refractivity contribution in [3.8, 4) is 5.75 Å². The maximum absolute atomic E-state index is 12.2. The van der Waals surface area contributed by atoms with Gasteiger partial charge in [-0.05, 0) is 37.7 Å². The van der Waals surface area contributed by atoms with E-state index in [0.29, 0.717) is 30.5 Å². The molecule has 0 aliphatic rings. The van der Waals surface area contributed by atoms with Crippen LogP contribution in [0.3, 0.4) is 0 Å². The minimum atomic E-state index is -0.515. The zero-order valence-corrected chi connectivity index (χ0v) is 16.2. The second kappa shape index (κ2) is 10.5. The van der Waals surface area contributed by atoms with E-state index in [9.17, 15) is 9.59 Å². The molecule has 0 saturated carbocycles. The lowest BCUT2D eigenvalue weighted by Crippen LogP contribution is -2.49. The van der Waals surface area contributed by atoms with Crippen molar-refractivity contribution in [1.82, 2.24) is 15.5 Å². The Bertz CT molecular complexity index is 755. The van der Waals surface area contributed by atoms with E-state index in [1.54, 1.807) is 26.1 Å². The summed E-state index contributed by atoms with van der Waals surface area (Å²) in [6, 6.07) is 15.6. The summed E-state index contributed by atoms with van der Waals surface area (Å²) < 4.78 is 5.62. The van der Waals surface area contributed by atoms with Gasteiger partial charge in [-0.15, -0.1) is 0 Å². The van der Waals surface area contributed by atoms with E-state index in [1.165, 1.54) is 0 Å². The topological polar surface area (TPSA) is 70.7 Å². The highest BCUT2D eigenvalue weighted by Gasteiger charge is 2.19. The van der Waals surface area contributed by atoms with Gasteiger partial charge in [0.2, 0.25) is 5.91 Å². The average Bonchev–Trinajstić information content (AvgIpc) is 2.66. The third kappa shape index (κ3) is 7.29. The molecule has 6 nitrogen and oxygen atoms in total. The van der Waals surface area contributed by atoms with Gasteiger partial charge in [-0.2, -0.15) is 0 Å². The number of nitrogens with one attached hydrogen (secondary N) is 2. The lowest BCUT2D eigenvalue weighted by molar-refractivity contribution is -0.124. The number of likely N-dealkylation sites (N-methyl/N-ethyl adjacent to an activating group) is 1. The number of urea groups is 1. The molecule has 0 aromatic heterocycles. The third-order valence-electron chi connectivity index (χ3n) is 4.08. The number of carbonyl (C=O) groups excluding carboxylic acids is 2. The highest BCUT2D eigenvalue weighted by Crippen LogP contribution is 2.16. The molecular weight excluding hydrogens is 366 g/mol. The summed E-state index contributed by atoms with van der Waals surface area (Å²) in [5.41, 5.74) is 0.962. The molecule has 0 aliphatic carbocycles. The Hall–Kier alpha value is -2.57. The maximum atomic E-state index is 12.2. The number of imide groups is 1. The molecule has 2 N–H and O–H groups in total. The number of ether oxygens (including phenoxy) is 1. The van der Waals surface area contributed by atoms with Gasteiger partial charge in [0.05, 0.1) is 6.04 Å². The normalized spacial score (nSPS) is 11.7. The van der Waals surface area contributed by atoms with Gasteiger partial charge in [0.1, 0.15) is 12.4 Å². The van der Waals surface area contributed by atoms with Gasteiger partial charge in [0.25, 0.3) is 0 Å². The first-order chi connectivity index (χ1) is 13.0. The minimum Gasteiger partial charge on any atom is -0.492 e. The van der Waals surface area contributed by atoms with Crippen molar-refractivity contribution in [3.63, 3.8) is 0 Å². The van der Waals surface area contributed by atoms with Crippen LogP contribution >= 0.6 is 11.6 Å². The van der Waals surface area contributed by atoms with Crippen molar-refractivity contribution in [1.29, 1.82) is 0 Å². The van der Waals surface area contributed by atoms with Gasteiger partial charge in [-0.3, -0.25) is 15.0 Å². The van der Waals surface area contributed by atoms with Crippen LogP contribution in [0.15, 0.2) is 54.6 Å². The molecule has 0 bridgehead atoms.